The van der Waals surface area contributed by atoms with Gasteiger partial charge in [-0.25, -0.2) is 4.79 Å². The van der Waals surface area contributed by atoms with E-state index in [9.17, 15) is 14.4 Å². The minimum Gasteiger partial charge on any atom is -0.444 e. The zero-order valence-corrected chi connectivity index (χ0v) is 21.3. The summed E-state index contributed by atoms with van der Waals surface area (Å²) < 4.78 is 5.43. The van der Waals surface area contributed by atoms with Gasteiger partial charge in [0.1, 0.15) is 6.61 Å². The zero-order valence-electron chi connectivity index (χ0n) is 20.5. The Morgan fingerprint density at radius 3 is 2.46 bits per heavy atom. The number of halogens is 1. The van der Waals surface area contributed by atoms with Crippen molar-refractivity contribution in [2.45, 2.75) is 32.4 Å². The van der Waals surface area contributed by atoms with Crippen LogP contribution in [0.1, 0.15) is 39.9 Å². The maximum Gasteiger partial charge on any atom is 0.414 e. The molecule has 7 nitrogen and oxygen atoms in total. The molecule has 1 saturated heterocycles. The van der Waals surface area contributed by atoms with E-state index in [0.29, 0.717) is 23.4 Å². The van der Waals surface area contributed by atoms with Crippen molar-refractivity contribution in [3.8, 4) is 11.1 Å². The van der Waals surface area contributed by atoms with Gasteiger partial charge in [0.05, 0.1) is 12.2 Å². The van der Waals surface area contributed by atoms with Crippen molar-refractivity contribution in [1.29, 1.82) is 0 Å². The highest BCUT2D eigenvalue weighted by molar-refractivity contribution is 6.22. The number of anilines is 2. The van der Waals surface area contributed by atoms with Crippen LogP contribution in [0.5, 0.6) is 0 Å². The third-order valence-electron chi connectivity index (χ3n) is 7.34. The fraction of sp³-hybridized carbons (Fsp3) is 0.276. The molecule has 0 bridgehead atoms. The summed E-state index contributed by atoms with van der Waals surface area (Å²) in [4.78, 5) is 41.9. The van der Waals surface area contributed by atoms with E-state index >= 15 is 0 Å². The summed E-state index contributed by atoms with van der Waals surface area (Å²) in [6.07, 6.45) is 1.25. The molecule has 0 radical (unpaired) electrons. The maximum absolute atomic E-state index is 12.8. The van der Waals surface area contributed by atoms with Crippen molar-refractivity contribution < 1.29 is 19.1 Å². The molecule has 2 amide bonds. The summed E-state index contributed by atoms with van der Waals surface area (Å²) in [6.45, 7) is 4.06. The van der Waals surface area contributed by atoms with Gasteiger partial charge in [-0.1, -0.05) is 42.0 Å². The lowest BCUT2D eigenvalue weighted by atomic mass is 10.00. The second-order valence-electron chi connectivity index (χ2n) is 9.75. The van der Waals surface area contributed by atoms with Crippen molar-refractivity contribution in [1.82, 2.24) is 4.90 Å². The van der Waals surface area contributed by atoms with Crippen LogP contribution in [0.3, 0.4) is 0 Å². The Hall–Kier alpha value is -3.68. The molecule has 8 heteroatoms. The quantitative estimate of drug-likeness (QED) is 0.403. The Labute approximate surface area is 221 Å². The minimum atomic E-state index is -0.292. The highest BCUT2D eigenvalue weighted by Crippen LogP contribution is 2.38. The van der Waals surface area contributed by atoms with Gasteiger partial charge in [-0.2, -0.15) is 0 Å². The number of rotatable bonds is 4. The topological polar surface area (TPSA) is 79.0 Å². The van der Waals surface area contributed by atoms with Crippen LogP contribution >= 0.6 is 12.4 Å². The number of carbonyl (C=O) groups is 3. The average molecular weight is 518 g/mol. The van der Waals surface area contributed by atoms with Gasteiger partial charge in [0, 0.05) is 41.5 Å². The molecule has 3 aromatic rings. The number of likely N-dealkylation sites (tertiary alicyclic amines) is 1. The predicted molar refractivity (Wildman–Crippen MR) is 144 cm³/mol. The molecule has 2 heterocycles. The number of hydrogen-bond donors (Lipinski definition) is 1. The number of hydrogen-bond acceptors (Lipinski definition) is 5. The molecule has 0 unspecified atom stereocenters. The Bertz CT molecular complexity index is 1400. The smallest absolute Gasteiger partial charge is 0.414 e. The molecular weight excluding hydrogens is 490 g/mol. The number of fused-ring (bicyclic) bond motifs is 4. The van der Waals surface area contributed by atoms with Crippen LogP contribution in [0, 0.1) is 6.92 Å². The number of aryl methyl sites for hydroxylation is 1. The van der Waals surface area contributed by atoms with E-state index in [0.717, 1.165) is 53.9 Å². The molecule has 3 aliphatic rings. The van der Waals surface area contributed by atoms with Crippen molar-refractivity contribution in [3.63, 3.8) is 0 Å². The van der Waals surface area contributed by atoms with Crippen LogP contribution in [-0.4, -0.2) is 48.4 Å². The predicted octanol–water partition coefficient (Wildman–Crippen LogP) is 5.19. The van der Waals surface area contributed by atoms with E-state index < -0.39 is 0 Å². The summed E-state index contributed by atoms with van der Waals surface area (Å²) in [5.41, 5.74) is 6.94. The summed E-state index contributed by atoms with van der Waals surface area (Å²) in [5.74, 6) is -0.0686. The zero-order chi connectivity index (χ0) is 24.8. The first-order valence-electron chi connectivity index (χ1n) is 12.3. The van der Waals surface area contributed by atoms with Gasteiger partial charge in [-0.15, -0.1) is 12.4 Å². The Morgan fingerprint density at radius 2 is 1.68 bits per heavy atom. The van der Waals surface area contributed by atoms with E-state index in [1.54, 1.807) is 17.0 Å². The number of carbonyl (C=O) groups excluding carboxylic acids is 3. The summed E-state index contributed by atoms with van der Waals surface area (Å²) >= 11 is 0. The number of cyclic esters (lactones) is 1. The highest BCUT2D eigenvalue weighted by atomic mass is 35.5. The third-order valence-corrected chi connectivity index (χ3v) is 7.34. The molecule has 0 atom stereocenters. The standard InChI is InChI=1S/C29H27N3O4.ClH/c1-18-6-9-26-19(14-18)17-36-29(35)32(26)21-10-12-31(13-11-21)16-27(33)30-20-7-8-24-25(15-20)22-4-2-3-5-23(22)28(24)34;/h2-9,14-15,21H,10-13,16-17H2,1H3,(H,30,33);1H. The Kier molecular flexibility index (Phi) is 6.75. The van der Waals surface area contributed by atoms with E-state index in [-0.39, 0.29) is 42.8 Å². The lowest BCUT2D eigenvalue weighted by Crippen LogP contribution is -2.50. The van der Waals surface area contributed by atoms with Crippen molar-refractivity contribution in [3.05, 3.63) is 82.9 Å². The third kappa shape index (κ3) is 4.61. The SMILES string of the molecule is Cc1ccc2c(c1)COC(=O)N2C1CCN(CC(=O)Nc2ccc3c(c2)-c2ccccc2C3=O)CC1.Cl. The number of nitrogens with zero attached hydrogens (tertiary/aromatic N) is 2. The molecule has 37 heavy (non-hydrogen) atoms. The maximum atomic E-state index is 12.8. The monoisotopic (exact) mass is 517 g/mol. The lowest BCUT2D eigenvalue weighted by Gasteiger charge is -2.40. The first-order chi connectivity index (χ1) is 17.5. The number of amides is 2. The van der Waals surface area contributed by atoms with Gasteiger partial charge < -0.3 is 10.1 Å². The molecule has 0 spiro atoms. The molecule has 0 aromatic heterocycles. The number of nitrogens with one attached hydrogen (secondary N) is 1. The first kappa shape index (κ1) is 25.0. The second-order valence-corrected chi connectivity index (χ2v) is 9.75. The summed E-state index contributed by atoms with van der Waals surface area (Å²) in [5, 5.41) is 2.99. The van der Waals surface area contributed by atoms with E-state index in [1.165, 1.54) is 0 Å². The van der Waals surface area contributed by atoms with Crippen LogP contribution in [0.4, 0.5) is 16.2 Å². The highest BCUT2D eigenvalue weighted by Gasteiger charge is 2.34. The van der Waals surface area contributed by atoms with Gasteiger partial charge in [0.2, 0.25) is 5.91 Å². The number of benzene rings is 3. The fourth-order valence-electron chi connectivity index (χ4n) is 5.56. The van der Waals surface area contributed by atoms with E-state index in [4.69, 9.17) is 4.74 Å². The number of ether oxygens (including phenoxy) is 1. The molecule has 2 aliphatic heterocycles. The van der Waals surface area contributed by atoms with Gasteiger partial charge in [-0.3, -0.25) is 19.4 Å². The van der Waals surface area contributed by atoms with Crippen LogP contribution in [-0.2, 0) is 16.1 Å². The molecule has 190 valence electrons. The first-order valence-corrected chi connectivity index (χ1v) is 12.3. The van der Waals surface area contributed by atoms with Gasteiger partial charge in [0.25, 0.3) is 0 Å². The molecule has 3 aromatic carbocycles. The summed E-state index contributed by atoms with van der Waals surface area (Å²) in [7, 11) is 0. The van der Waals surface area contributed by atoms with Crippen molar-refractivity contribution in [2.24, 2.45) is 0 Å². The summed E-state index contributed by atoms with van der Waals surface area (Å²) in [6, 6.07) is 19.2. The molecule has 1 N–H and O–H groups in total. The number of piperidine rings is 1. The second kappa shape index (κ2) is 10.00. The van der Waals surface area contributed by atoms with Gasteiger partial charge in [-0.05, 0) is 55.2 Å². The van der Waals surface area contributed by atoms with Gasteiger partial charge >= 0.3 is 6.09 Å². The van der Waals surface area contributed by atoms with Crippen molar-refractivity contribution in [2.75, 3.05) is 29.9 Å². The van der Waals surface area contributed by atoms with Gasteiger partial charge in [0.15, 0.2) is 5.78 Å². The van der Waals surface area contributed by atoms with E-state index in [2.05, 4.69) is 16.3 Å². The molecule has 6 rings (SSSR count). The Balaban J connectivity index is 0.00000280. The lowest BCUT2D eigenvalue weighted by molar-refractivity contribution is -0.117. The molecular formula is C29H28ClN3O4. The van der Waals surface area contributed by atoms with Crippen LogP contribution < -0.4 is 10.2 Å². The van der Waals surface area contributed by atoms with Crippen LogP contribution in [0.25, 0.3) is 11.1 Å². The average Bonchev–Trinajstić information content (AvgIpc) is 3.16. The minimum absolute atomic E-state index is 0. The fourth-order valence-corrected chi connectivity index (χ4v) is 5.56. The molecule has 1 fully saturated rings. The van der Waals surface area contributed by atoms with Crippen molar-refractivity contribution >= 4 is 41.6 Å². The van der Waals surface area contributed by atoms with E-state index in [1.807, 2.05) is 49.4 Å². The van der Waals surface area contributed by atoms with Crippen LogP contribution in [0.2, 0.25) is 0 Å². The molecule has 0 saturated carbocycles. The Morgan fingerprint density at radius 1 is 0.946 bits per heavy atom. The largest absolute Gasteiger partial charge is 0.444 e. The molecule has 1 aliphatic carbocycles. The number of ketones is 1. The van der Waals surface area contributed by atoms with Crippen LogP contribution in [0.15, 0.2) is 60.7 Å². The normalized spacial score (nSPS) is 16.8.